The van der Waals surface area contributed by atoms with Gasteiger partial charge in [-0.15, -0.1) is 11.3 Å². The molecule has 0 aliphatic heterocycles. The molecule has 0 amide bonds. The van der Waals surface area contributed by atoms with E-state index in [1.807, 2.05) is 0 Å². The number of hydrogen-bond donors (Lipinski definition) is 2. The minimum atomic E-state index is -0.992. The summed E-state index contributed by atoms with van der Waals surface area (Å²) in [6.45, 7) is -0.0657. The molecule has 19 heavy (non-hydrogen) atoms. The molecule has 0 aliphatic rings. The van der Waals surface area contributed by atoms with Crippen LogP contribution in [0.5, 0.6) is 11.5 Å². The van der Waals surface area contributed by atoms with E-state index < -0.39 is 11.9 Å². The maximum absolute atomic E-state index is 11.2. The van der Waals surface area contributed by atoms with Gasteiger partial charge in [0.25, 0.3) is 0 Å². The van der Waals surface area contributed by atoms with Gasteiger partial charge in [0.1, 0.15) is 12.5 Å². The van der Waals surface area contributed by atoms with E-state index in [1.165, 1.54) is 17.4 Å². The first-order valence-electron chi connectivity index (χ1n) is 5.46. The second-order valence-corrected chi connectivity index (χ2v) is 5.56. The molecule has 0 fully saturated rings. The van der Waals surface area contributed by atoms with E-state index in [-0.39, 0.29) is 18.1 Å². The van der Waals surface area contributed by atoms with Crippen LogP contribution in [0.3, 0.4) is 0 Å². The Hall–Kier alpha value is -1.72. The molecule has 1 atom stereocenters. The van der Waals surface area contributed by atoms with Crippen molar-refractivity contribution in [1.82, 2.24) is 0 Å². The molecule has 0 radical (unpaired) electrons. The van der Waals surface area contributed by atoms with Crippen molar-refractivity contribution in [3.8, 4) is 11.5 Å². The van der Waals surface area contributed by atoms with Crippen LogP contribution in [0.1, 0.15) is 10.8 Å². The van der Waals surface area contributed by atoms with Crippen LogP contribution < -0.4 is 4.74 Å². The van der Waals surface area contributed by atoms with Gasteiger partial charge in [-0.05, 0) is 24.3 Å². The molecule has 6 heteroatoms. The molecule has 1 unspecified atom stereocenters. The van der Waals surface area contributed by atoms with Crippen molar-refractivity contribution < 1.29 is 19.7 Å². The van der Waals surface area contributed by atoms with Crippen molar-refractivity contribution in [1.29, 1.82) is 0 Å². The second-order valence-electron chi connectivity index (χ2n) is 3.81. The van der Waals surface area contributed by atoms with Crippen molar-refractivity contribution in [2.45, 2.75) is 5.92 Å². The first kappa shape index (κ1) is 13.7. The van der Waals surface area contributed by atoms with Gasteiger partial charge in [-0.25, -0.2) is 0 Å². The summed E-state index contributed by atoms with van der Waals surface area (Å²) in [4.78, 5) is 11.9. The number of carboxylic acid groups (broad SMARTS) is 1. The maximum Gasteiger partial charge on any atom is 0.315 e. The summed E-state index contributed by atoms with van der Waals surface area (Å²) in [7, 11) is 0. The lowest BCUT2D eigenvalue weighted by Crippen LogP contribution is -2.18. The monoisotopic (exact) mass is 298 g/mol. The zero-order valence-corrected chi connectivity index (χ0v) is 11.3. The van der Waals surface area contributed by atoms with Gasteiger partial charge < -0.3 is 14.9 Å². The molecule has 0 spiro atoms. The first-order chi connectivity index (χ1) is 9.08. The summed E-state index contributed by atoms with van der Waals surface area (Å²) in [5.41, 5.74) is 0. The van der Waals surface area contributed by atoms with Crippen molar-refractivity contribution >= 4 is 28.9 Å². The highest BCUT2D eigenvalue weighted by atomic mass is 35.5. The first-order valence-corrected chi connectivity index (χ1v) is 6.66. The maximum atomic E-state index is 11.2. The van der Waals surface area contributed by atoms with E-state index in [1.54, 1.807) is 30.3 Å². The van der Waals surface area contributed by atoms with Crippen LogP contribution in [0.4, 0.5) is 0 Å². The highest BCUT2D eigenvalue weighted by molar-refractivity contribution is 7.16. The Morgan fingerprint density at radius 2 is 2.05 bits per heavy atom. The molecule has 1 heterocycles. The van der Waals surface area contributed by atoms with Gasteiger partial charge in [0, 0.05) is 4.88 Å². The molecule has 1 aromatic heterocycles. The summed E-state index contributed by atoms with van der Waals surface area (Å²) < 4.78 is 5.89. The fourth-order valence-electron chi connectivity index (χ4n) is 1.54. The summed E-state index contributed by atoms with van der Waals surface area (Å²) in [6, 6.07) is 9.74. The third kappa shape index (κ3) is 3.39. The minimum absolute atomic E-state index is 0.0177. The second kappa shape index (κ2) is 5.95. The fraction of sp³-hybridized carbons (Fsp3) is 0.154. The molecule has 0 saturated heterocycles. The number of ether oxygens (including phenoxy) is 1. The zero-order chi connectivity index (χ0) is 13.8. The Morgan fingerprint density at radius 1 is 1.32 bits per heavy atom. The number of benzene rings is 1. The van der Waals surface area contributed by atoms with E-state index >= 15 is 0 Å². The highest BCUT2D eigenvalue weighted by Crippen LogP contribution is 2.30. The van der Waals surface area contributed by atoms with Gasteiger partial charge in [0.05, 0.1) is 4.34 Å². The Balaban J connectivity index is 2.10. The van der Waals surface area contributed by atoms with Crippen LogP contribution in [-0.2, 0) is 4.79 Å². The molecule has 0 aliphatic carbocycles. The van der Waals surface area contributed by atoms with Gasteiger partial charge in [0.2, 0.25) is 0 Å². The number of para-hydroxylation sites is 2. The van der Waals surface area contributed by atoms with Crippen LogP contribution in [0.15, 0.2) is 36.4 Å². The number of thiophene rings is 1. The number of hydrogen-bond acceptors (Lipinski definition) is 4. The molecular formula is C13H11ClO4S. The SMILES string of the molecule is O=C(O)C(COc1ccccc1O)c1ccc(Cl)s1. The fourth-order valence-corrected chi connectivity index (χ4v) is 2.68. The van der Waals surface area contributed by atoms with Gasteiger partial charge >= 0.3 is 5.97 Å². The average molecular weight is 299 g/mol. The lowest BCUT2D eigenvalue weighted by Gasteiger charge is -2.13. The van der Waals surface area contributed by atoms with E-state index in [9.17, 15) is 15.0 Å². The lowest BCUT2D eigenvalue weighted by atomic mass is 10.1. The van der Waals surface area contributed by atoms with E-state index in [4.69, 9.17) is 16.3 Å². The van der Waals surface area contributed by atoms with Crippen LogP contribution in [0, 0.1) is 0 Å². The normalized spacial score (nSPS) is 12.1. The summed E-state index contributed by atoms with van der Waals surface area (Å²) >= 11 is 7.00. The molecule has 2 aromatic rings. The highest BCUT2D eigenvalue weighted by Gasteiger charge is 2.23. The summed E-state index contributed by atoms with van der Waals surface area (Å²) in [5, 5.41) is 18.8. The predicted molar refractivity (Wildman–Crippen MR) is 73.3 cm³/mol. The van der Waals surface area contributed by atoms with Crippen molar-refractivity contribution in [3.63, 3.8) is 0 Å². The van der Waals surface area contributed by atoms with Gasteiger partial charge in [-0.1, -0.05) is 23.7 Å². The molecule has 2 rings (SSSR count). The molecule has 0 bridgehead atoms. The molecule has 100 valence electrons. The Bertz CT molecular complexity index is 582. The number of halogens is 1. The summed E-state index contributed by atoms with van der Waals surface area (Å²) in [5.74, 6) is -1.56. The molecular weight excluding hydrogens is 288 g/mol. The van der Waals surface area contributed by atoms with E-state index in [0.717, 1.165) is 0 Å². The number of aromatic hydroxyl groups is 1. The van der Waals surface area contributed by atoms with E-state index in [2.05, 4.69) is 0 Å². The number of carboxylic acids is 1. The zero-order valence-electron chi connectivity index (χ0n) is 9.75. The largest absolute Gasteiger partial charge is 0.504 e. The predicted octanol–water partition coefficient (Wildman–Crippen LogP) is 3.35. The van der Waals surface area contributed by atoms with Gasteiger partial charge in [-0.2, -0.15) is 0 Å². The minimum Gasteiger partial charge on any atom is -0.504 e. The van der Waals surface area contributed by atoms with Crippen LogP contribution in [0.2, 0.25) is 4.34 Å². The van der Waals surface area contributed by atoms with Gasteiger partial charge in [0.15, 0.2) is 11.5 Å². The van der Waals surface area contributed by atoms with Crippen LogP contribution in [-0.4, -0.2) is 22.8 Å². The Kier molecular flexibility index (Phi) is 4.29. The number of rotatable bonds is 5. The topological polar surface area (TPSA) is 66.8 Å². The molecule has 1 aromatic carbocycles. The Labute approximate surface area is 118 Å². The lowest BCUT2D eigenvalue weighted by molar-refractivity contribution is -0.139. The molecule has 4 nitrogen and oxygen atoms in total. The number of aliphatic carboxylic acids is 1. The van der Waals surface area contributed by atoms with Crippen molar-refractivity contribution in [2.24, 2.45) is 0 Å². The van der Waals surface area contributed by atoms with Crippen LogP contribution >= 0.6 is 22.9 Å². The third-order valence-corrected chi connectivity index (χ3v) is 3.85. The van der Waals surface area contributed by atoms with Crippen molar-refractivity contribution in [3.05, 3.63) is 45.6 Å². The van der Waals surface area contributed by atoms with Crippen molar-refractivity contribution in [2.75, 3.05) is 6.61 Å². The number of carbonyl (C=O) groups is 1. The number of phenolic OH excluding ortho intramolecular Hbond substituents is 1. The number of phenols is 1. The average Bonchev–Trinajstić information content (AvgIpc) is 2.78. The third-order valence-electron chi connectivity index (χ3n) is 2.51. The van der Waals surface area contributed by atoms with E-state index in [0.29, 0.717) is 9.21 Å². The standard InChI is InChI=1S/C13H11ClO4S/c14-12-6-5-11(19-12)8(13(16)17)7-18-10-4-2-1-3-9(10)15/h1-6,8,15H,7H2,(H,16,17). The van der Waals surface area contributed by atoms with Gasteiger partial charge in [-0.3, -0.25) is 4.79 Å². The van der Waals surface area contributed by atoms with Crippen LogP contribution in [0.25, 0.3) is 0 Å². The molecule has 2 N–H and O–H groups in total. The summed E-state index contributed by atoms with van der Waals surface area (Å²) in [6.07, 6.45) is 0. The molecule has 0 saturated carbocycles. The smallest absolute Gasteiger partial charge is 0.315 e. The quantitative estimate of drug-likeness (QED) is 0.888. The Morgan fingerprint density at radius 3 is 2.63 bits per heavy atom.